The highest BCUT2D eigenvalue weighted by Gasteiger charge is 2.17. The van der Waals surface area contributed by atoms with Gasteiger partial charge in [-0.2, -0.15) is 0 Å². The van der Waals surface area contributed by atoms with Gasteiger partial charge in [-0.3, -0.25) is 14.4 Å². The standard InChI is InChI=1S/C24H33N3O4/c1-3-8-21(25)17-19(2)9-7-12-23(29)27(16-14-20-10-5-4-6-11-20)18-22(28)26-15-13-24(30)31/h3-6,10-11,17H,1-2,7-9,12-16,18,25H2,(H,26,28)(H,30,31)/b21-17-. The minimum absolute atomic E-state index is 0.0349. The normalized spacial score (nSPS) is 10.9. The van der Waals surface area contributed by atoms with Crippen molar-refractivity contribution in [2.45, 2.75) is 38.5 Å². The van der Waals surface area contributed by atoms with Crippen molar-refractivity contribution in [2.75, 3.05) is 19.6 Å². The molecule has 0 aliphatic rings. The van der Waals surface area contributed by atoms with E-state index in [1.807, 2.05) is 30.3 Å². The third-order valence-electron chi connectivity index (χ3n) is 4.52. The summed E-state index contributed by atoms with van der Waals surface area (Å²) < 4.78 is 0. The molecule has 168 valence electrons. The Kier molecular flexibility index (Phi) is 12.1. The molecule has 31 heavy (non-hydrogen) atoms. The molecule has 1 aromatic rings. The Morgan fingerprint density at radius 1 is 1.13 bits per heavy atom. The molecule has 0 aliphatic carbocycles. The molecule has 1 aromatic carbocycles. The van der Waals surface area contributed by atoms with Crippen LogP contribution >= 0.6 is 0 Å². The second-order valence-corrected chi connectivity index (χ2v) is 7.27. The molecule has 0 unspecified atom stereocenters. The smallest absolute Gasteiger partial charge is 0.305 e. The number of nitrogens with one attached hydrogen (secondary N) is 1. The lowest BCUT2D eigenvalue weighted by Crippen LogP contribution is -2.42. The lowest BCUT2D eigenvalue weighted by molar-refractivity contribution is -0.138. The van der Waals surface area contributed by atoms with E-state index in [2.05, 4.69) is 18.5 Å². The van der Waals surface area contributed by atoms with Gasteiger partial charge in [0.1, 0.15) is 0 Å². The second-order valence-electron chi connectivity index (χ2n) is 7.27. The summed E-state index contributed by atoms with van der Waals surface area (Å²) in [7, 11) is 0. The van der Waals surface area contributed by atoms with Gasteiger partial charge in [0.2, 0.25) is 11.8 Å². The molecule has 0 heterocycles. The van der Waals surface area contributed by atoms with Gasteiger partial charge in [0, 0.05) is 31.6 Å². The molecule has 4 N–H and O–H groups in total. The lowest BCUT2D eigenvalue weighted by Gasteiger charge is -2.22. The summed E-state index contributed by atoms with van der Waals surface area (Å²) in [5.41, 5.74) is 8.43. The summed E-state index contributed by atoms with van der Waals surface area (Å²) in [5, 5.41) is 11.2. The number of hydrogen-bond donors (Lipinski definition) is 3. The molecule has 0 bridgehead atoms. The van der Waals surface area contributed by atoms with Crippen molar-refractivity contribution in [3.05, 3.63) is 72.5 Å². The fourth-order valence-corrected chi connectivity index (χ4v) is 2.92. The Morgan fingerprint density at radius 3 is 2.48 bits per heavy atom. The lowest BCUT2D eigenvalue weighted by atomic mass is 10.1. The average Bonchev–Trinajstić information content (AvgIpc) is 2.71. The number of nitrogens with zero attached hydrogens (tertiary/aromatic N) is 1. The zero-order valence-corrected chi connectivity index (χ0v) is 18.0. The van der Waals surface area contributed by atoms with E-state index in [-0.39, 0.29) is 37.7 Å². The van der Waals surface area contributed by atoms with E-state index in [0.29, 0.717) is 37.9 Å². The minimum Gasteiger partial charge on any atom is -0.481 e. The first-order valence-electron chi connectivity index (χ1n) is 10.4. The maximum Gasteiger partial charge on any atom is 0.305 e. The number of amides is 2. The molecular formula is C24H33N3O4. The fourth-order valence-electron chi connectivity index (χ4n) is 2.92. The van der Waals surface area contributed by atoms with Crippen molar-refractivity contribution in [3.8, 4) is 0 Å². The van der Waals surface area contributed by atoms with Gasteiger partial charge in [-0.1, -0.05) is 48.6 Å². The number of carbonyl (C=O) groups is 3. The molecule has 0 atom stereocenters. The Hall–Kier alpha value is -3.35. The van der Waals surface area contributed by atoms with E-state index in [0.717, 1.165) is 11.1 Å². The molecule has 0 fully saturated rings. The molecule has 2 amide bonds. The zero-order valence-electron chi connectivity index (χ0n) is 18.0. The van der Waals surface area contributed by atoms with Gasteiger partial charge in [-0.15, -0.1) is 6.58 Å². The van der Waals surface area contributed by atoms with E-state index in [9.17, 15) is 14.4 Å². The van der Waals surface area contributed by atoms with Crippen LogP contribution in [0.15, 0.2) is 66.9 Å². The minimum atomic E-state index is -0.986. The van der Waals surface area contributed by atoms with Crippen molar-refractivity contribution in [1.29, 1.82) is 0 Å². The number of rotatable bonds is 15. The summed E-state index contributed by atoms with van der Waals surface area (Å²) in [5.74, 6) is -1.48. The summed E-state index contributed by atoms with van der Waals surface area (Å²) >= 11 is 0. The van der Waals surface area contributed by atoms with Crippen LogP contribution in [-0.2, 0) is 20.8 Å². The van der Waals surface area contributed by atoms with E-state index < -0.39 is 5.97 Å². The first-order valence-corrected chi connectivity index (χ1v) is 10.4. The van der Waals surface area contributed by atoms with E-state index in [1.165, 1.54) is 4.90 Å². The van der Waals surface area contributed by atoms with E-state index in [4.69, 9.17) is 10.8 Å². The van der Waals surface area contributed by atoms with E-state index in [1.54, 1.807) is 12.2 Å². The molecular weight excluding hydrogens is 394 g/mol. The molecule has 0 saturated heterocycles. The van der Waals surface area contributed by atoms with Crippen LogP contribution in [0, 0.1) is 0 Å². The van der Waals surface area contributed by atoms with Crippen LogP contribution < -0.4 is 11.1 Å². The van der Waals surface area contributed by atoms with Gasteiger partial charge < -0.3 is 21.1 Å². The van der Waals surface area contributed by atoms with Crippen molar-refractivity contribution < 1.29 is 19.5 Å². The first-order chi connectivity index (χ1) is 14.8. The Morgan fingerprint density at radius 2 is 1.84 bits per heavy atom. The van der Waals surface area contributed by atoms with E-state index >= 15 is 0 Å². The topological polar surface area (TPSA) is 113 Å². The zero-order chi connectivity index (χ0) is 23.1. The van der Waals surface area contributed by atoms with Crippen LogP contribution in [0.4, 0.5) is 0 Å². The molecule has 1 rings (SSSR count). The average molecular weight is 428 g/mol. The Balaban J connectivity index is 2.61. The molecule has 7 nitrogen and oxygen atoms in total. The number of carboxylic acids is 1. The second kappa shape index (κ2) is 14.6. The third-order valence-corrected chi connectivity index (χ3v) is 4.52. The summed E-state index contributed by atoms with van der Waals surface area (Å²) in [6.45, 7) is 7.94. The molecule has 0 radical (unpaired) electrons. The van der Waals surface area contributed by atoms with Gasteiger partial charge >= 0.3 is 5.97 Å². The van der Waals surface area contributed by atoms with Crippen molar-refractivity contribution in [1.82, 2.24) is 10.2 Å². The number of carbonyl (C=O) groups excluding carboxylic acids is 2. The molecule has 7 heteroatoms. The number of nitrogens with two attached hydrogens (primary N) is 1. The number of hydrogen-bond acceptors (Lipinski definition) is 4. The predicted octanol–water partition coefficient (Wildman–Crippen LogP) is 2.79. The van der Waals surface area contributed by atoms with Gasteiger partial charge in [-0.05, 0) is 30.9 Å². The number of allylic oxidation sites excluding steroid dienone is 3. The molecule has 0 aromatic heterocycles. The highest BCUT2D eigenvalue weighted by Crippen LogP contribution is 2.11. The van der Waals surface area contributed by atoms with Crippen LogP contribution in [0.25, 0.3) is 0 Å². The number of benzene rings is 1. The van der Waals surface area contributed by atoms with Gasteiger partial charge in [0.15, 0.2) is 0 Å². The highest BCUT2D eigenvalue weighted by molar-refractivity contribution is 5.85. The van der Waals surface area contributed by atoms with Crippen LogP contribution in [0.5, 0.6) is 0 Å². The van der Waals surface area contributed by atoms with Crippen LogP contribution in [0.3, 0.4) is 0 Å². The van der Waals surface area contributed by atoms with Crippen LogP contribution in [0.2, 0.25) is 0 Å². The Labute approximate surface area is 184 Å². The van der Waals surface area contributed by atoms with Crippen molar-refractivity contribution in [3.63, 3.8) is 0 Å². The number of aliphatic carboxylic acids is 1. The predicted molar refractivity (Wildman–Crippen MR) is 122 cm³/mol. The van der Waals surface area contributed by atoms with Crippen molar-refractivity contribution in [2.24, 2.45) is 5.73 Å². The van der Waals surface area contributed by atoms with Crippen molar-refractivity contribution >= 4 is 17.8 Å². The largest absolute Gasteiger partial charge is 0.481 e. The Bertz CT molecular complexity index is 787. The molecule has 0 aliphatic heterocycles. The van der Waals surface area contributed by atoms with Crippen LogP contribution in [0.1, 0.15) is 37.7 Å². The summed E-state index contributed by atoms with van der Waals surface area (Å²) in [6, 6.07) is 9.72. The van der Waals surface area contributed by atoms with Crippen LogP contribution in [-0.4, -0.2) is 47.4 Å². The molecule has 0 saturated carbocycles. The fraction of sp³-hybridized carbons (Fsp3) is 0.375. The SMILES string of the molecule is C=CC/C(N)=C/C(=C)CCCC(=O)N(CCc1ccccc1)CC(=O)NCCC(=O)O. The quantitative estimate of drug-likeness (QED) is 0.294. The first kappa shape index (κ1) is 25.7. The number of carboxylic acid groups (broad SMARTS) is 1. The monoisotopic (exact) mass is 427 g/mol. The summed E-state index contributed by atoms with van der Waals surface area (Å²) in [6.07, 6.45) is 6.08. The van der Waals surface area contributed by atoms with Gasteiger partial charge in [0.05, 0.1) is 13.0 Å². The van der Waals surface area contributed by atoms with Gasteiger partial charge in [0.25, 0.3) is 0 Å². The highest BCUT2D eigenvalue weighted by atomic mass is 16.4. The third kappa shape index (κ3) is 12.1. The maximum atomic E-state index is 12.8. The summed E-state index contributed by atoms with van der Waals surface area (Å²) in [4.78, 5) is 37.1. The maximum absolute atomic E-state index is 12.8. The molecule has 0 spiro atoms. The van der Waals surface area contributed by atoms with Gasteiger partial charge in [-0.25, -0.2) is 0 Å².